The molecule has 1 fully saturated rings. The molecule has 7 nitrogen and oxygen atoms in total. The van der Waals surface area contributed by atoms with E-state index in [0.29, 0.717) is 19.6 Å². The summed E-state index contributed by atoms with van der Waals surface area (Å²) in [6.07, 6.45) is 3.28. The predicted molar refractivity (Wildman–Crippen MR) is 83.9 cm³/mol. The summed E-state index contributed by atoms with van der Waals surface area (Å²) in [5.74, 6) is -1.24. The van der Waals surface area contributed by atoms with E-state index in [-0.39, 0.29) is 11.6 Å². The lowest BCUT2D eigenvalue weighted by Crippen LogP contribution is -2.48. The molecule has 1 aliphatic rings. The molecule has 1 unspecified atom stereocenters. The van der Waals surface area contributed by atoms with Crippen molar-refractivity contribution in [2.45, 2.75) is 6.04 Å². The number of carbonyl (C=O) groups excluding carboxylic acids is 1. The highest BCUT2D eigenvalue weighted by Crippen LogP contribution is 2.27. The highest BCUT2D eigenvalue weighted by Gasteiger charge is 2.32. The number of aromatic nitrogens is 1. The number of hydrogen-bond acceptors (Lipinski definition) is 5. The number of halogens is 1. The van der Waals surface area contributed by atoms with Crippen molar-refractivity contribution in [3.63, 3.8) is 0 Å². The topological polar surface area (TPSA) is 88.4 Å². The van der Waals surface area contributed by atoms with Crippen LogP contribution in [0, 0.1) is 15.9 Å². The highest BCUT2D eigenvalue weighted by molar-refractivity contribution is 5.98. The standard InChI is InChI=1S/C16H15FN4O3/c17-12-3-4-14(21(23)24)13(8-12)16(22)20-7-6-19-10-15(20)11-2-1-5-18-9-11/h1-5,8-9,15,19H,6-7,10H2. The van der Waals surface area contributed by atoms with Crippen molar-refractivity contribution < 1.29 is 14.1 Å². The molecular weight excluding hydrogens is 315 g/mol. The molecule has 2 heterocycles. The fourth-order valence-corrected chi connectivity index (χ4v) is 2.81. The van der Waals surface area contributed by atoms with Crippen LogP contribution in [0.25, 0.3) is 0 Å². The van der Waals surface area contributed by atoms with Gasteiger partial charge in [0.25, 0.3) is 11.6 Å². The molecule has 2 aromatic rings. The Labute approximate surface area is 137 Å². The molecule has 1 aromatic carbocycles. The summed E-state index contributed by atoms with van der Waals surface area (Å²) >= 11 is 0. The average molecular weight is 330 g/mol. The lowest BCUT2D eigenvalue weighted by atomic mass is 10.0. The summed E-state index contributed by atoms with van der Waals surface area (Å²) in [6, 6.07) is 6.20. The van der Waals surface area contributed by atoms with E-state index in [0.717, 1.165) is 23.8 Å². The van der Waals surface area contributed by atoms with E-state index in [9.17, 15) is 19.3 Å². The molecule has 1 N–H and O–H groups in total. The smallest absolute Gasteiger partial charge is 0.282 e. The molecule has 1 aliphatic heterocycles. The van der Waals surface area contributed by atoms with E-state index in [1.165, 1.54) is 4.90 Å². The van der Waals surface area contributed by atoms with E-state index in [4.69, 9.17) is 0 Å². The van der Waals surface area contributed by atoms with E-state index >= 15 is 0 Å². The van der Waals surface area contributed by atoms with Gasteiger partial charge in [-0.3, -0.25) is 19.9 Å². The Hall–Kier alpha value is -2.87. The van der Waals surface area contributed by atoms with Crippen molar-refractivity contribution in [3.8, 4) is 0 Å². The molecule has 1 amide bonds. The number of benzene rings is 1. The van der Waals surface area contributed by atoms with Crippen LogP contribution in [0.4, 0.5) is 10.1 Å². The second-order valence-electron chi connectivity index (χ2n) is 5.42. The van der Waals surface area contributed by atoms with Gasteiger partial charge in [-0.15, -0.1) is 0 Å². The van der Waals surface area contributed by atoms with Crippen LogP contribution in [-0.4, -0.2) is 40.3 Å². The lowest BCUT2D eigenvalue weighted by Gasteiger charge is -2.36. The van der Waals surface area contributed by atoms with Crippen molar-refractivity contribution in [1.82, 2.24) is 15.2 Å². The first-order chi connectivity index (χ1) is 11.6. The zero-order valence-corrected chi connectivity index (χ0v) is 12.7. The molecule has 0 saturated carbocycles. The maximum atomic E-state index is 13.5. The molecule has 1 atom stereocenters. The zero-order chi connectivity index (χ0) is 17.1. The zero-order valence-electron chi connectivity index (χ0n) is 12.7. The van der Waals surface area contributed by atoms with Crippen molar-refractivity contribution in [2.75, 3.05) is 19.6 Å². The number of nitrogens with zero attached hydrogens (tertiary/aromatic N) is 3. The minimum Gasteiger partial charge on any atom is -0.329 e. The van der Waals surface area contributed by atoms with Crippen LogP contribution in [0.15, 0.2) is 42.7 Å². The number of hydrogen-bond donors (Lipinski definition) is 1. The summed E-state index contributed by atoms with van der Waals surface area (Å²) in [5.41, 5.74) is 0.178. The minimum absolute atomic E-state index is 0.240. The van der Waals surface area contributed by atoms with E-state index in [1.54, 1.807) is 18.5 Å². The molecule has 8 heteroatoms. The van der Waals surface area contributed by atoms with Gasteiger partial charge in [0, 0.05) is 38.1 Å². The monoisotopic (exact) mass is 330 g/mol. The Morgan fingerprint density at radius 1 is 1.42 bits per heavy atom. The van der Waals surface area contributed by atoms with Crippen molar-refractivity contribution in [3.05, 3.63) is 69.8 Å². The van der Waals surface area contributed by atoms with Gasteiger partial charge < -0.3 is 10.2 Å². The van der Waals surface area contributed by atoms with Crippen LogP contribution in [0.1, 0.15) is 22.0 Å². The van der Waals surface area contributed by atoms with Crippen LogP contribution in [0.2, 0.25) is 0 Å². The third kappa shape index (κ3) is 3.09. The SMILES string of the molecule is O=C(c1cc(F)ccc1[N+](=O)[O-])N1CCNCC1c1cccnc1. The Morgan fingerprint density at radius 3 is 2.96 bits per heavy atom. The van der Waals surface area contributed by atoms with Crippen molar-refractivity contribution >= 4 is 11.6 Å². The number of carbonyl (C=O) groups is 1. The molecule has 0 spiro atoms. The summed E-state index contributed by atoms with van der Waals surface area (Å²) in [4.78, 5) is 28.9. The number of amides is 1. The van der Waals surface area contributed by atoms with Gasteiger partial charge in [-0.1, -0.05) is 6.07 Å². The molecule has 124 valence electrons. The average Bonchev–Trinajstić information content (AvgIpc) is 2.61. The molecular formula is C16H15FN4O3. The van der Waals surface area contributed by atoms with Gasteiger partial charge in [0.2, 0.25) is 0 Å². The molecule has 1 saturated heterocycles. The third-order valence-corrected chi connectivity index (χ3v) is 3.96. The molecule has 1 aromatic heterocycles. The van der Waals surface area contributed by atoms with Crippen LogP contribution in [0.5, 0.6) is 0 Å². The van der Waals surface area contributed by atoms with Crippen LogP contribution >= 0.6 is 0 Å². The number of nitrogens with one attached hydrogen (secondary N) is 1. The van der Waals surface area contributed by atoms with Gasteiger partial charge in [0.15, 0.2) is 0 Å². The number of pyridine rings is 1. The van der Waals surface area contributed by atoms with E-state index in [2.05, 4.69) is 10.3 Å². The second-order valence-corrected chi connectivity index (χ2v) is 5.42. The Kier molecular flexibility index (Phi) is 4.48. The summed E-state index contributed by atoms with van der Waals surface area (Å²) in [7, 11) is 0. The predicted octanol–water partition coefficient (Wildman–Crippen LogP) is 1.92. The molecule has 3 rings (SSSR count). The van der Waals surface area contributed by atoms with Crippen molar-refractivity contribution in [2.24, 2.45) is 0 Å². The Bertz CT molecular complexity index is 769. The van der Waals surface area contributed by atoms with Gasteiger partial charge in [0.1, 0.15) is 11.4 Å². The van der Waals surface area contributed by atoms with Gasteiger partial charge in [0.05, 0.1) is 11.0 Å². The molecule has 0 bridgehead atoms. The number of rotatable bonds is 3. The first-order valence-electron chi connectivity index (χ1n) is 7.43. The fraction of sp³-hybridized carbons (Fsp3) is 0.250. The largest absolute Gasteiger partial charge is 0.329 e. The first kappa shape index (κ1) is 16.0. The van der Waals surface area contributed by atoms with E-state index < -0.39 is 22.3 Å². The summed E-state index contributed by atoms with van der Waals surface area (Å²) in [5, 5.41) is 14.4. The maximum Gasteiger partial charge on any atom is 0.282 e. The molecule has 0 aliphatic carbocycles. The minimum atomic E-state index is -0.683. The van der Waals surface area contributed by atoms with Crippen molar-refractivity contribution in [1.29, 1.82) is 0 Å². The lowest BCUT2D eigenvalue weighted by molar-refractivity contribution is -0.385. The Balaban J connectivity index is 1.99. The number of piperazine rings is 1. The number of nitro groups is 1. The van der Waals surface area contributed by atoms with Gasteiger partial charge in [-0.2, -0.15) is 0 Å². The maximum absolute atomic E-state index is 13.5. The van der Waals surface area contributed by atoms with Gasteiger partial charge >= 0.3 is 0 Å². The summed E-state index contributed by atoms with van der Waals surface area (Å²) < 4.78 is 13.5. The summed E-state index contributed by atoms with van der Waals surface area (Å²) in [6.45, 7) is 1.43. The van der Waals surface area contributed by atoms with Crippen LogP contribution in [-0.2, 0) is 0 Å². The van der Waals surface area contributed by atoms with Crippen LogP contribution < -0.4 is 5.32 Å². The fourth-order valence-electron chi connectivity index (χ4n) is 2.81. The molecule has 0 radical (unpaired) electrons. The van der Waals surface area contributed by atoms with Crippen LogP contribution in [0.3, 0.4) is 0 Å². The normalized spacial score (nSPS) is 17.5. The Morgan fingerprint density at radius 2 is 2.25 bits per heavy atom. The van der Waals surface area contributed by atoms with Gasteiger partial charge in [-0.05, 0) is 23.8 Å². The highest BCUT2D eigenvalue weighted by atomic mass is 19.1. The van der Waals surface area contributed by atoms with Gasteiger partial charge in [-0.25, -0.2) is 4.39 Å². The molecule has 24 heavy (non-hydrogen) atoms. The second kappa shape index (κ2) is 6.71. The van der Waals surface area contributed by atoms with E-state index in [1.807, 2.05) is 6.07 Å². The number of nitro benzene ring substituents is 1. The quantitative estimate of drug-likeness (QED) is 0.686. The first-order valence-corrected chi connectivity index (χ1v) is 7.43. The third-order valence-electron chi connectivity index (χ3n) is 3.96.